The van der Waals surface area contributed by atoms with E-state index in [1.54, 1.807) is 0 Å². The molecule has 1 aliphatic heterocycles. The predicted molar refractivity (Wildman–Crippen MR) is 59.9 cm³/mol. The molecule has 15 heavy (non-hydrogen) atoms. The third kappa shape index (κ3) is 2.34. The maximum atomic E-state index is 11.7. The summed E-state index contributed by atoms with van der Waals surface area (Å²) in [6, 6.07) is 2.05. The summed E-state index contributed by atoms with van der Waals surface area (Å²) in [6.07, 6.45) is 4.23. The number of fused-ring (bicyclic) bond motifs is 1. The van der Waals surface area contributed by atoms with Gasteiger partial charge in [0.25, 0.3) is 0 Å². The number of aromatic amines is 1. The minimum Gasteiger partial charge on any atom is -0.365 e. The van der Waals surface area contributed by atoms with Crippen LogP contribution in [0.1, 0.15) is 24.1 Å². The molecule has 3 nitrogen and oxygen atoms in total. The number of rotatable bonds is 3. The zero-order valence-electron chi connectivity index (χ0n) is 8.63. The molecule has 2 heterocycles. The van der Waals surface area contributed by atoms with Crippen LogP contribution in [0.15, 0.2) is 12.3 Å². The van der Waals surface area contributed by atoms with E-state index in [0.717, 1.165) is 25.9 Å². The summed E-state index contributed by atoms with van der Waals surface area (Å²) in [5.74, 6) is 0.789. The van der Waals surface area contributed by atoms with E-state index in [9.17, 15) is 4.79 Å². The quantitative estimate of drug-likeness (QED) is 0.786. The van der Waals surface area contributed by atoms with Crippen molar-refractivity contribution in [2.24, 2.45) is 0 Å². The molecule has 2 rings (SSSR count). The molecular weight excluding hydrogens is 212 g/mol. The molecule has 1 aromatic heterocycles. The molecule has 0 aliphatic carbocycles. The Bertz CT molecular complexity index is 348. The first-order valence-corrected chi connectivity index (χ1v) is 5.83. The summed E-state index contributed by atoms with van der Waals surface area (Å²) in [5.41, 5.74) is 2.52. The summed E-state index contributed by atoms with van der Waals surface area (Å²) in [6.45, 7) is 1.58. The normalized spacial score (nSPS) is 15.1. The zero-order valence-corrected chi connectivity index (χ0v) is 9.39. The fraction of sp³-hybridized carbons (Fsp3) is 0.545. The minimum absolute atomic E-state index is 0.225. The van der Waals surface area contributed by atoms with Gasteiger partial charge in [0.1, 0.15) is 0 Å². The highest BCUT2D eigenvalue weighted by molar-refractivity contribution is 6.17. The average molecular weight is 227 g/mol. The summed E-state index contributed by atoms with van der Waals surface area (Å²) >= 11 is 5.57. The highest BCUT2D eigenvalue weighted by Crippen LogP contribution is 2.18. The van der Waals surface area contributed by atoms with Crippen LogP contribution < -0.4 is 0 Å². The molecule has 1 amide bonds. The lowest BCUT2D eigenvalue weighted by Crippen LogP contribution is -2.35. The van der Waals surface area contributed by atoms with Crippen LogP contribution in [0.25, 0.3) is 0 Å². The molecule has 82 valence electrons. The number of amides is 1. The van der Waals surface area contributed by atoms with Gasteiger partial charge in [-0.2, -0.15) is 0 Å². The van der Waals surface area contributed by atoms with Gasteiger partial charge in [0, 0.05) is 43.7 Å². The second-order valence-electron chi connectivity index (χ2n) is 3.84. The first-order chi connectivity index (χ1) is 7.31. The number of aromatic nitrogens is 1. The lowest BCUT2D eigenvalue weighted by molar-refractivity contribution is -0.132. The third-order valence-corrected chi connectivity index (χ3v) is 3.07. The van der Waals surface area contributed by atoms with Gasteiger partial charge in [0.15, 0.2) is 0 Å². The number of carbonyl (C=O) groups is 1. The Hall–Kier alpha value is -0.960. The Labute approximate surface area is 94.4 Å². The smallest absolute Gasteiger partial charge is 0.222 e. The van der Waals surface area contributed by atoms with Crippen molar-refractivity contribution in [1.82, 2.24) is 9.88 Å². The zero-order chi connectivity index (χ0) is 10.7. The molecule has 0 saturated heterocycles. The average Bonchev–Trinajstić information content (AvgIpc) is 2.72. The highest BCUT2D eigenvalue weighted by atomic mass is 35.5. The van der Waals surface area contributed by atoms with Crippen LogP contribution >= 0.6 is 11.6 Å². The molecule has 4 heteroatoms. The molecule has 0 unspecified atom stereocenters. The second-order valence-corrected chi connectivity index (χ2v) is 4.22. The lowest BCUT2D eigenvalue weighted by Gasteiger charge is -2.27. The number of H-pyrrole nitrogens is 1. The van der Waals surface area contributed by atoms with Crippen molar-refractivity contribution >= 4 is 17.5 Å². The number of hydrogen-bond donors (Lipinski definition) is 1. The van der Waals surface area contributed by atoms with Crippen molar-refractivity contribution in [3.8, 4) is 0 Å². The molecule has 0 saturated carbocycles. The lowest BCUT2D eigenvalue weighted by atomic mass is 10.1. The van der Waals surface area contributed by atoms with Crippen molar-refractivity contribution in [2.75, 3.05) is 12.4 Å². The number of nitrogens with zero attached hydrogens (tertiary/aromatic N) is 1. The SMILES string of the molecule is O=C(CCCCl)N1CCc2[nH]ccc2C1. The molecule has 1 N–H and O–H groups in total. The standard InChI is InChI=1S/C11H15ClN2O/c12-5-1-2-11(15)14-7-4-10-9(8-14)3-6-13-10/h3,6,13H,1-2,4-5,7-8H2. The summed E-state index contributed by atoms with van der Waals surface area (Å²) in [5, 5.41) is 0. The van der Waals surface area contributed by atoms with Gasteiger partial charge in [-0.15, -0.1) is 11.6 Å². The summed E-state index contributed by atoms with van der Waals surface area (Å²) in [7, 11) is 0. The van der Waals surface area contributed by atoms with E-state index in [1.165, 1.54) is 11.3 Å². The van der Waals surface area contributed by atoms with E-state index in [1.807, 2.05) is 11.1 Å². The number of nitrogens with one attached hydrogen (secondary N) is 1. The molecule has 0 radical (unpaired) electrons. The molecule has 0 fully saturated rings. The van der Waals surface area contributed by atoms with Crippen LogP contribution in [0.4, 0.5) is 0 Å². The predicted octanol–water partition coefficient (Wildman–Crippen LogP) is 1.92. The van der Waals surface area contributed by atoms with E-state index >= 15 is 0 Å². The van der Waals surface area contributed by atoms with Crippen LogP contribution in [0.5, 0.6) is 0 Å². The largest absolute Gasteiger partial charge is 0.365 e. The first kappa shape index (κ1) is 10.6. The van der Waals surface area contributed by atoms with E-state index in [0.29, 0.717) is 12.3 Å². The van der Waals surface area contributed by atoms with Gasteiger partial charge in [0.2, 0.25) is 5.91 Å². The van der Waals surface area contributed by atoms with Gasteiger partial charge >= 0.3 is 0 Å². The Morgan fingerprint density at radius 3 is 3.27 bits per heavy atom. The Kier molecular flexibility index (Phi) is 3.31. The Balaban J connectivity index is 1.94. The van der Waals surface area contributed by atoms with Crippen molar-refractivity contribution in [3.63, 3.8) is 0 Å². The first-order valence-electron chi connectivity index (χ1n) is 5.30. The van der Waals surface area contributed by atoms with Gasteiger partial charge in [-0.3, -0.25) is 4.79 Å². The van der Waals surface area contributed by atoms with Crippen molar-refractivity contribution in [1.29, 1.82) is 0 Å². The van der Waals surface area contributed by atoms with Crippen molar-refractivity contribution in [2.45, 2.75) is 25.8 Å². The molecular formula is C11H15ClN2O. The van der Waals surface area contributed by atoms with E-state index in [-0.39, 0.29) is 5.91 Å². The van der Waals surface area contributed by atoms with Gasteiger partial charge in [-0.1, -0.05) is 0 Å². The molecule has 1 aromatic rings. The van der Waals surface area contributed by atoms with Gasteiger partial charge in [-0.25, -0.2) is 0 Å². The molecule has 1 aliphatic rings. The monoisotopic (exact) mass is 226 g/mol. The van der Waals surface area contributed by atoms with Crippen molar-refractivity contribution < 1.29 is 4.79 Å². The summed E-state index contributed by atoms with van der Waals surface area (Å²) in [4.78, 5) is 16.9. The number of halogens is 1. The number of carbonyl (C=O) groups excluding carboxylic acids is 1. The maximum Gasteiger partial charge on any atom is 0.222 e. The fourth-order valence-corrected chi connectivity index (χ4v) is 2.07. The molecule has 0 spiro atoms. The van der Waals surface area contributed by atoms with Gasteiger partial charge in [0.05, 0.1) is 0 Å². The van der Waals surface area contributed by atoms with E-state index in [2.05, 4.69) is 11.1 Å². The number of hydrogen-bond acceptors (Lipinski definition) is 1. The van der Waals surface area contributed by atoms with Crippen LogP contribution in [0.2, 0.25) is 0 Å². The molecule has 0 atom stereocenters. The van der Waals surface area contributed by atoms with Crippen LogP contribution in [-0.2, 0) is 17.8 Å². The van der Waals surface area contributed by atoms with Crippen LogP contribution in [-0.4, -0.2) is 28.2 Å². The van der Waals surface area contributed by atoms with Crippen molar-refractivity contribution in [3.05, 3.63) is 23.5 Å². The van der Waals surface area contributed by atoms with Crippen LogP contribution in [0, 0.1) is 0 Å². The Morgan fingerprint density at radius 1 is 1.60 bits per heavy atom. The summed E-state index contributed by atoms with van der Waals surface area (Å²) < 4.78 is 0. The molecule has 0 aromatic carbocycles. The minimum atomic E-state index is 0.225. The highest BCUT2D eigenvalue weighted by Gasteiger charge is 2.20. The second kappa shape index (κ2) is 4.71. The third-order valence-electron chi connectivity index (χ3n) is 2.80. The van der Waals surface area contributed by atoms with Crippen LogP contribution in [0.3, 0.4) is 0 Å². The van der Waals surface area contributed by atoms with E-state index in [4.69, 9.17) is 11.6 Å². The van der Waals surface area contributed by atoms with Gasteiger partial charge in [-0.05, 0) is 18.1 Å². The maximum absolute atomic E-state index is 11.7. The van der Waals surface area contributed by atoms with Gasteiger partial charge < -0.3 is 9.88 Å². The molecule has 0 bridgehead atoms. The number of alkyl halides is 1. The topological polar surface area (TPSA) is 36.1 Å². The van der Waals surface area contributed by atoms with E-state index < -0.39 is 0 Å². The fourth-order valence-electron chi connectivity index (χ4n) is 1.94. The Morgan fingerprint density at radius 2 is 2.47 bits per heavy atom.